The van der Waals surface area contributed by atoms with E-state index in [2.05, 4.69) is 16.3 Å². The lowest BCUT2D eigenvalue weighted by Gasteiger charge is -2.34. The maximum absolute atomic E-state index is 9.02. The summed E-state index contributed by atoms with van der Waals surface area (Å²) in [5.41, 5.74) is 0.951. The van der Waals surface area contributed by atoms with Crippen molar-refractivity contribution < 1.29 is 0 Å². The van der Waals surface area contributed by atoms with Crippen LogP contribution in [0.3, 0.4) is 0 Å². The van der Waals surface area contributed by atoms with Gasteiger partial charge in [-0.2, -0.15) is 5.26 Å². The number of benzene rings is 1. The van der Waals surface area contributed by atoms with Crippen LogP contribution in [0.5, 0.6) is 0 Å². The highest BCUT2D eigenvalue weighted by atomic mass is 35.5. The highest BCUT2D eigenvalue weighted by Crippen LogP contribution is 2.34. The molecule has 0 saturated carbocycles. The molecule has 0 unspecified atom stereocenters. The SMILES string of the molecule is Cl.Cl.N#CC[C@H](c1cccc(Cl)c1Cl)N1CCNCC1. The summed E-state index contributed by atoms with van der Waals surface area (Å²) < 4.78 is 0. The minimum Gasteiger partial charge on any atom is -0.314 e. The number of rotatable bonds is 3. The Bertz CT molecular complexity index is 455. The van der Waals surface area contributed by atoms with E-state index in [0.29, 0.717) is 16.5 Å². The van der Waals surface area contributed by atoms with E-state index in [4.69, 9.17) is 28.5 Å². The van der Waals surface area contributed by atoms with Gasteiger partial charge in [-0.15, -0.1) is 24.8 Å². The van der Waals surface area contributed by atoms with Crippen LogP contribution in [0, 0.1) is 11.3 Å². The zero-order valence-electron chi connectivity index (χ0n) is 10.8. The van der Waals surface area contributed by atoms with E-state index in [1.807, 2.05) is 12.1 Å². The van der Waals surface area contributed by atoms with Gasteiger partial charge in [-0.1, -0.05) is 35.3 Å². The van der Waals surface area contributed by atoms with Crippen molar-refractivity contribution in [1.82, 2.24) is 10.2 Å². The summed E-state index contributed by atoms with van der Waals surface area (Å²) in [7, 11) is 0. The molecule has 7 heteroatoms. The lowest BCUT2D eigenvalue weighted by Crippen LogP contribution is -2.45. The lowest BCUT2D eigenvalue weighted by molar-refractivity contribution is 0.175. The summed E-state index contributed by atoms with van der Waals surface area (Å²) in [6, 6.07) is 7.89. The van der Waals surface area contributed by atoms with Crippen molar-refractivity contribution in [3.05, 3.63) is 33.8 Å². The molecule has 1 aliphatic rings. The monoisotopic (exact) mass is 355 g/mol. The largest absolute Gasteiger partial charge is 0.314 e. The van der Waals surface area contributed by atoms with Crippen LogP contribution < -0.4 is 5.32 Å². The predicted molar refractivity (Wildman–Crippen MR) is 88.4 cm³/mol. The number of hydrogen-bond acceptors (Lipinski definition) is 3. The van der Waals surface area contributed by atoms with E-state index in [-0.39, 0.29) is 30.9 Å². The average Bonchev–Trinajstić information content (AvgIpc) is 2.41. The van der Waals surface area contributed by atoms with Gasteiger partial charge in [0.2, 0.25) is 0 Å². The summed E-state index contributed by atoms with van der Waals surface area (Å²) in [6.07, 6.45) is 0.431. The van der Waals surface area contributed by atoms with Crippen molar-refractivity contribution in [2.45, 2.75) is 12.5 Å². The highest BCUT2D eigenvalue weighted by Gasteiger charge is 2.24. The first-order chi connectivity index (χ1) is 8.74. The fourth-order valence-corrected chi connectivity index (χ4v) is 2.73. The van der Waals surface area contributed by atoms with Crippen LogP contribution in [0.4, 0.5) is 0 Å². The molecule has 1 aliphatic heterocycles. The summed E-state index contributed by atoms with van der Waals surface area (Å²) in [4.78, 5) is 2.29. The van der Waals surface area contributed by atoms with Crippen LogP contribution in [-0.4, -0.2) is 31.1 Å². The van der Waals surface area contributed by atoms with Crippen molar-refractivity contribution in [3.63, 3.8) is 0 Å². The third-order valence-electron chi connectivity index (χ3n) is 3.22. The van der Waals surface area contributed by atoms with Crippen molar-refractivity contribution in [2.24, 2.45) is 0 Å². The predicted octanol–water partition coefficient (Wildman–Crippen LogP) is 3.70. The normalized spacial score (nSPS) is 16.4. The second-order valence-corrected chi connectivity index (χ2v) is 5.09. The van der Waals surface area contributed by atoms with E-state index >= 15 is 0 Å². The molecule has 0 amide bonds. The number of hydrogen-bond donors (Lipinski definition) is 1. The van der Waals surface area contributed by atoms with Gasteiger partial charge in [0.1, 0.15) is 0 Å². The van der Waals surface area contributed by atoms with E-state index < -0.39 is 0 Å². The van der Waals surface area contributed by atoms with Crippen LogP contribution >= 0.6 is 48.0 Å². The minimum atomic E-state index is 0. The third-order valence-corrected chi connectivity index (χ3v) is 4.05. The van der Waals surface area contributed by atoms with Crippen LogP contribution in [0.15, 0.2) is 18.2 Å². The fourth-order valence-electron chi connectivity index (χ4n) is 2.29. The van der Waals surface area contributed by atoms with Crippen molar-refractivity contribution >= 4 is 48.0 Å². The Morgan fingerprint density at radius 3 is 2.50 bits per heavy atom. The van der Waals surface area contributed by atoms with Gasteiger partial charge < -0.3 is 5.32 Å². The quantitative estimate of drug-likeness (QED) is 0.897. The molecule has 1 N–H and O–H groups in total. The van der Waals surface area contributed by atoms with Gasteiger partial charge in [0.05, 0.1) is 22.5 Å². The molecule has 1 aromatic rings. The van der Waals surface area contributed by atoms with Gasteiger partial charge in [0, 0.05) is 32.2 Å². The molecular weight excluding hydrogens is 340 g/mol. The van der Waals surface area contributed by atoms with Gasteiger partial charge in [-0.25, -0.2) is 0 Å². The smallest absolute Gasteiger partial charge is 0.0641 e. The highest BCUT2D eigenvalue weighted by molar-refractivity contribution is 6.42. The Kier molecular flexibility index (Phi) is 9.58. The molecule has 112 valence electrons. The molecule has 0 aromatic heterocycles. The lowest BCUT2D eigenvalue weighted by atomic mass is 10.0. The molecule has 1 saturated heterocycles. The van der Waals surface area contributed by atoms with Crippen LogP contribution in [0.2, 0.25) is 10.0 Å². The molecule has 0 bridgehead atoms. The Hall–Kier alpha value is -0.210. The molecule has 20 heavy (non-hydrogen) atoms. The molecule has 1 aromatic carbocycles. The van der Waals surface area contributed by atoms with Crippen molar-refractivity contribution in [3.8, 4) is 6.07 Å². The number of nitriles is 1. The summed E-state index contributed by atoms with van der Waals surface area (Å²) >= 11 is 12.3. The Labute approximate surface area is 142 Å². The van der Waals surface area contributed by atoms with E-state index in [1.54, 1.807) is 6.07 Å². The molecular formula is C13H17Cl4N3. The van der Waals surface area contributed by atoms with Crippen molar-refractivity contribution in [1.29, 1.82) is 5.26 Å². The Morgan fingerprint density at radius 1 is 1.25 bits per heavy atom. The minimum absolute atomic E-state index is 0. The van der Waals surface area contributed by atoms with Gasteiger partial charge >= 0.3 is 0 Å². The van der Waals surface area contributed by atoms with Crippen LogP contribution in [0.25, 0.3) is 0 Å². The second-order valence-electron chi connectivity index (χ2n) is 4.31. The molecule has 1 heterocycles. The number of nitrogens with zero attached hydrogens (tertiary/aromatic N) is 2. The second kappa shape index (κ2) is 9.68. The Morgan fingerprint density at radius 2 is 1.90 bits per heavy atom. The van der Waals surface area contributed by atoms with Gasteiger partial charge in [0.15, 0.2) is 0 Å². The number of piperazine rings is 1. The average molecular weight is 357 g/mol. The molecule has 0 aliphatic carbocycles. The standard InChI is InChI=1S/C13H15Cl2N3.2ClH/c14-11-3-1-2-10(13(11)15)12(4-5-16)18-8-6-17-7-9-18;;/h1-3,12,17H,4,6-9H2;2*1H/t12-;;/m1../s1. The first-order valence-corrected chi connectivity index (χ1v) is 6.75. The maximum atomic E-state index is 9.02. The van der Waals surface area contributed by atoms with Gasteiger partial charge in [0.25, 0.3) is 0 Å². The van der Waals surface area contributed by atoms with Crippen LogP contribution in [-0.2, 0) is 0 Å². The first-order valence-electron chi connectivity index (χ1n) is 5.99. The van der Waals surface area contributed by atoms with E-state index in [0.717, 1.165) is 31.7 Å². The zero-order valence-corrected chi connectivity index (χ0v) is 14.0. The van der Waals surface area contributed by atoms with Crippen molar-refractivity contribution in [2.75, 3.05) is 26.2 Å². The summed E-state index contributed by atoms with van der Waals surface area (Å²) in [5, 5.41) is 13.4. The Balaban J connectivity index is 0.00000180. The number of halogens is 4. The fraction of sp³-hybridized carbons (Fsp3) is 0.462. The molecule has 0 radical (unpaired) electrons. The summed E-state index contributed by atoms with van der Waals surface area (Å²) in [6.45, 7) is 3.74. The first kappa shape index (κ1) is 19.8. The molecule has 2 rings (SSSR count). The van der Waals surface area contributed by atoms with Gasteiger partial charge in [-0.3, -0.25) is 4.90 Å². The maximum Gasteiger partial charge on any atom is 0.0641 e. The molecule has 1 fully saturated rings. The topological polar surface area (TPSA) is 39.1 Å². The zero-order chi connectivity index (χ0) is 13.0. The molecule has 3 nitrogen and oxygen atoms in total. The van der Waals surface area contributed by atoms with Crippen LogP contribution in [0.1, 0.15) is 18.0 Å². The summed E-state index contributed by atoms with van der Waals surface area (Å²) in [5.74, 6) is 0. The van der Waals surface area contributed by atoms with Gasteiger partial charge in [-0.05, 0) is 11.6 Å². The third kappa shape index (κ3) is 4.66. The van der Waals surface area contributed by atoms with E-state index in [1.165, 1.54) is 0 Å². The number of nitrogens with one attached hydrogen (secondary N) is 1. The molecule has 1 atom stereocenters. The molecule has 0 spiro atoms. The van der Waals surface area contributed by atoms with E-state index in [9.17, 15) is 0 Å².